The normalized spacial score (nSPS) is 11.5. The van der Waals surface area contributed by atoms with Gasteiger partial charge >= 0.3 is 12.1 Å². The van der Waals surface area contributed by atoms with E-state index in [2.05, 4.69) is 41.4 Å². The topological polar surface area (TPSA) is 92.7 Å². The van der Waals surface area contributed by atoms with Gasteiger partial charge in [0.2, 0.25) is 0 Å². The Morgan fingerprint density at radius 1 is 0.857 bits per heavy atom. The van der Waals surface area contributed by atoms with Crippen LogP contribution >= 0.6 is 0 Å². The Hall–Kier alpha value is -4.37. The molecule has 0 fully saturated rings. The average Bonchev–Trinajstić information content (AvgIpc) is 3.20. The molecule has 0 aliphatic heterocycles. The summed E-state index contributed by atoms with van der Waals surface area (Å²) < 4.78 is 5.51. The number of fused-ring (bicyclic) bond motifs is 3. The molecule has 176 valence electrons. The van der Waals surface area contributed by atoms with Crippen molar-refractivity contribution in [3.8, 4) is 23.0 Å². The van der Waals surface area contributed by atoms with Crippen molar-refractivity contribution in [2.45, 2.75) is 25.2 Å². The van der Waals surface area contributed by atoms with Gasteiger partial charge in [-0.3, -0.25) is 9.59 Å². The quantitative estimate of drug-likeness (QED) is 0.276. The molecule has 0 bridgehead atoms. The lowest BCUT2D eigenvalue weighted by molar-refractivity contribution is -0.136. The first kappa shape index (κ1) is 23.8. The van der Waals surface area contributed by atoms with Crippen LogP contribution in [0.25, 0.3) is 11.1 Å². The van der Waals surface area contributed by atoms with Crippen molar-refractivity contribution in [1.29, 1.82) is 0 Å². The van der Waals surface area contributed by atoms with Crippen LogP contribution in [0.4, 0.5) is 4.79 Å². The molecule has 0 saturated carbocycles. The molecule has 3 aromatic rings. The number of amides is 1. The van der Waals surface area contributed by atoms with Gasteiger partial charge in [-0.2, -0.15) is 0 Å². The summed E-state index contributed by atoms with van der Waals surface area (Å²) >= 11 is 0. The van der Waals surface area contributed by atoms with Gasteiger partial charge in [-0.15, -0.1) is 0 Å². The number of ketones is 1. The molecule has 3 aromatic carbocycles. The maximum absolute atomic E-state index is 12.2. The van der Waals surface area contributed by atoms with Gasteiger partial charge in [0.1, 0.15) is 6.61 Å². The van der Waals surface area contributed by atoms with Crippen LogP contribution in [0.15, 0.2) is 72.8 Å². The smallest absolute Gasteiger partial charge is 0.407 e. The molecule has 6 nitrogen and oxygen atoms in total. The highest BCUT2D eigenvalue weighted by Gasteiger charge is 2.28. The van der Waals surface area contributed by atoms with E-state index in [0.29, 0.717) is 18.5 Å². The van der Waals surface area contributed by atoms with Gasteiger partial charge in [0, 0.05) is 36.4 Å². The SMILES string of the molecule is O=C(O)CCC(=O)c1ccc(C#CCCNC(=O)OCC2c3ccccc3-c3ccccc32)cc1. The Labute approximate surface area is 203 Å². The molecule has 0 heterocycles. The third-order valence-corrected chi connectivity index (χ3v) is 5.87. The van der Waals surface area contributed by atoms with Gasteiger partial charge < -0.3 is 15.2 Å². The highest BCUT2D eigenvalue weighted by Crippen LogP contribution is 2.44. The summed E-state index contributed by atoms with van der Waals surface area (Å²) in [5.41, 5.74) is 5.91. The molecule has 4 rings (SSSR count). The molecule has 1 aliphatic rings. The minimum atomic E-state index is -0.993. The Kier molecular flexibility index (Phi) is 7.59. The van der Waals surface area contributed by atoms with Gasteiger partial charge in [0.05, 0.1) is 6.42 Å². The number of Topliss-reactive ketones (excluding diaryl/α,β-unsaturated/α-hetero) is 1. The summed E-state index contributed by atoms with van der Waals surface area (Å²) in [6.07, 6.45) is -0.236. The second kappa shape index (κ2) is 11.2. The van der Waals surface area contributed by atoms with Crippen LogP contribution in [0, 0.1) is 11.8 Å². The van der Waals surface area contributed by atoms with Gasteiger partial charge in [-0.25, -0.2) is 4.79 Å². The van der Waals surface area contributed by atoms with E-state index >= 15 is 0 Å². The van der Waals surface area contributed by atoms with E-state index in [0.717, 1.165) is 5.56 Å². The van der Waals surface area contributed by atoms with Crippen LogP contribution in [0.2, 0.25) is 0 Å². The fourth-order valence-corrected chi connectivity index (χ4v) is 4.15. The Bertz CT molecular complexity index is 1250. The lowest BCUT2D eigenvalue weighted by Crippen LogP contribution is -2.26. The second-order valence-electron chi connectivity index (χ2n) is 8.20. The van der Waals surface area contributed by atoms with Crippen molar-refractivity contribution in [3.05, 3.63) is 95.1 Å². The summed E-state index contributed by atoms with van der Waals surface area (Å²) in [5.74, 6) is 4.79. The molecule has 35 heavy (non-hydrogen) atoms. The van der Waals surface area contributed by atoms with Gasteiger partial charge in [0.25, 0.3) is 0 Å². The summed E-state index contributed by atoms with van der Waals surface area (Å²) in [6.45, 7) is 0.624. The maximum Gasteiger partial charge on any atom is 0.407 e. The average molecular weight is 468 g/mol. The number of hydrogen-bond acceptors (Lipinski definition) is 4. The Balaban J connectivity index is 1.22. The third-order valence-electron chi connectivity index (χ3n) is 5.87. The van der Waals surface area contributed by atoms with Crippen molar-refractivity contribution in [2.24, 2.45) is 0 Å². The van der Waals surface area contributed by atoms with Crippen LogP contribution in [0.3, 0.4) is 0 Å². The van der Waals surface area contributed by atoms with E-state index in [9.17, 15) is 14.4 Å². The predicted octanol–water partition coefficient (Wildman–Crippen LogP) is 5.01. The summed E-state index contributed by atoms with van der Waals surface area (Å²) in [4.78, 5) is 34.7. The summed E-state index contributed by atoms with van der Waals surface area (Å²) in [5, 5.41) is 11.4. The number of ether oxygens (including phenoxy) is 1. The second-order valence-corrected chi connectivity index (χ2v) is 8.20. The predicted molar refractivity (Wildman–Crippen MR) is 132 cm³/mol. The van der Waals surface area contributed by atoms with Gasteiger partial charge in [-0.1, -0.05) is 72.5 Å². The minimum Gasteiger partial charge on any atom is -0.481 e. The number of carboxylic acid groups (broad SMARTS) is 1. The van der Waals surface area contributed by atoms with E-state index in [1.807, 2.05) is 24.3 Å². The zero-order valence-electron chi connectivity index (χ0n) is 19.1. The first-order valence-corrected chi connectivity index (χ1v) is 11.5. The molecule has 1 aliphatic carbocycles. The number of carboxylic acids is 1. The van der Waals surface area contributed by atoms with Crippen LogP contribution in [0.1, 0.15) is 52.2 Å². The summed E-state index contributed by atoms with van der Waals surface area (Å²) in [6, 6.07) is 23.1. The number of alkyl carbamates (subject to hydrolysis) is 1. The van der Waals surface area contributed by atoms with Crippen molar-refractivity contribution in [3.63, 3.8) is 0 Å². The first-order chi connectivity index (χ1) is 17.0. The highest BCUT2D eigenvalue weighted by atomic mass is 16.5. The van der Waals surface area contributed by atoms with Crippen molar-refractivity contribution in [2.75, 3.05) is 13.2 Å². The van der Waals surface area contributed by atoms with Crippen LogP contribution in [-0.4, -0.2) is 36.1 Å². The fourth-order valence-electron chi connectivity index (χ4n) is 4.15. The van der Waals surface area contributed by atoms with Gasteiger partial charge in [0.15, 0.2) is 5.78 Å². The molecule has 0 spiro atoms. The molecule has 0 atom stereocenters. The molecule has 0 saturated heterocycles. The first-order valence-electron chi connectivity index (χ1n) is 11.5. The van der Waals surface area contributed by atoms with Crippen molar-refractivity contribution < 1.29 is 24.2 Å². The van der Waals surface area contributed by atoms with E-state index in [-0.39, 0.29) is 31.1 Å². The monoisotopic (exact) mass is 467 g/mol. The van der Waals surface area contributed by atoms with Crippen molar-refractivity contribution >= 4 is 17.8 Å². The largest absolute Gasteiger partial charge is 0.481 e. The number of rotatable bonds is 8. The number of hydrogen-bond donors (Lipinski definition) is 2. The van der Waals surface area contributed by atoms with Crippen molar-refractivity contribution in [1.82, 2.24) is 5.32 Å². The van der Waals surface area contributed by atoms with E-state index in [1.54, 1.807) is 24.3 Å². The summed E-state index contributed by atoms with van der Waals surface area (Å²) in [7, 11) is 0. The third kappa shape index (κ3) is 5.96. The lowest BCUT2D eigenvalue weighted by Gasteiger charge is -2.14. The molecular weight excluding hydrogens is 442 g/mol. The lowest BCUT2D eigenvalue weighted by atomic mass is 9.98. The van der Waals surface area contributed by atoms with E-state index in [1.165, 1.54) is 22.3 Å². The highest BCUT2D eigenvalue weighted by molar-refractivity contribution is 5.97. The van der Waals surface area contributed by atoms with Crippen LogP contribution in [0.5, 0.6) is 0 Å². The zero-order valence-corrected chi connectivity index (χ0v) is 19.1. The van der Waals surface area contributed by atoms with E-state index < -0.39 is 12.1 Å². The fraction of sp³-hybridized carbons (Fsp3) is 0.207. The van der Waals surface area contributed by atoms with Gasteiger partial charge in [-0.05, 0) is 34.4 Å². The zero-order chi connectivity index (χ0) is 24.6. The molecule has 0 unspecified atom stereocenters. The molecular formula is C29H25NO5. The molecule has 1 amide bonds. The molecule has 0 radical (unpaired) electrons. The Morgan fingerprint density at radius 3 is 2.11 bits per heavy atom. The number of nitrogens with one attached hydrogen (secondary N) is 1. The minimum absolute atomic E-state index is 0.0203. The van der Waals surface area contributed by atoms with E-state index in [4.69, 9.17) is 9.84 Å². The molecule has 6 heteroatoms. The number of carbonyl (C=O) groups is 3. The molecule has 0 aromatic heterocycles. The van der Waals surface area contributed by atoms with Crippen LogP contribution in [-0.2, 0) is 9.53 Å². The van der Waals surface area contributed by atoms with Crippen LogP contribution < -0.4 is 5.32 Å². The number of benzene rings is 3. The standard InChI is InChI=1S/C29H25NO5/c31-27(16-17-28(32)33)21-14-12-20(13-15-21)7-5-6-18-30-29(34)35-19-26-24-10-3-1-8-22(24)23-9-2-4-11-25(23)26/h1-4,8-15,26H,6,16-19H2,(H,30,34)(H,32,33). The maximum atomic E-state index is 12.2. The molecule has 2 N–H and O–H groups in total. The number of carbonyl (C=O) groups excluding carboxylic acids is 2. The Morgan fingerprint density at radius 2 is 1.49 bits per heavy atom. The number of aliphatic carboxylic acids is 1.